The summed E-state index contributed by atoms with van der Waals surface area (Å²) >= 11 is 2.84. The van der Waals surface area contributed by atoms with Crippen molar-refractivity contribution in [3.8, 4) is 0 Å². The molecule has 1 amide bonds. The van der Waals surface area contributed by atoms with E-state index < -0.39 is 17.7 Å². The van der Waals surface area contributed by atoms with Crippen molar-refractivity contribution in [3.05, 3.63) is 39.9 Å². The van der Waals surface area contributed by atoms with Crippen molar-refractivity contribution in [2.24, 2.45) is 0 Å². The van der Waals surface area contributed by atoms with Crippen molar-refractivity contribution in [2.45, 2.75) is 0 Å². The molecular weight excluding hydrogens is 289 g/mol. The zero-order valence-electron chi connectivity index (χ0n) is 9.94. The van der Waals surface area contributed by atoms with E-state index in [9.17, 15) is 14.0 Å². The first-order chi connectivity index (χ1) is 9.11. The zero-order valence-corrected chi connectivity index (χ0v) is 11.6. The van der Waals surface area contributed by atoms with Crippen molar-refractivity contribution in [1.82, 2.24) is 0 Å². The molecule has 4 nitrogen and oxygen atoms in total. The van der Waals surface area contributed by atoms with E-state index in [2.05, 4.69) is 10.1 Å². The van der Waals surface area contributed by atoms with E-state index in [-0.39, 0.29) is 5.57 Å². The fraction of sp³-hybridized carbons (Fsp3) is 0.167. The van der Waals surface area contributed by atoms with E-state index in [1.54, 1.807) is 0 Å². The molecule has 0 unspecified atom stereocenters. The standard InChI is InChI=1S/C12H10FNO3S2/c1-17-11(16)9(12-18-6-19-12)10(15)14-8-4-2-7(13)3-5-8/h2-5H,6H2,1H3,(H,14,15). The van der Waals surface area contributed by atoms with Gasteiger partial charge in [-0.2, -0.15) is 0 Å². The van der Waals surface area contributed by atoms with Gasteiger partial charge in [-0.25, -0.2) is 9.18 Å². The molecule has 1 aliphatic rings. The van der Waals surface area contributed by atoms with Crippen LogP contribution < -0.4 is 5.32 Å². The number of thioether (sulfide) groups is 2. The second-order valence-corrected chi connectivity index (χ2v) is 6.12. The van der Waals surface area contributed by atoms with Crippen LogP contribution in [0.4, 0.5) is 10.1 Å². The van der Waals surface area contributed by atoms with E-state index in [1.165, 1.54) is 54.9 Å². The van der Waals surface area contributed by atoms with Gasteiger partial charge in [0.1, 0.15) is 11.4 Å². The van der Waals surface area contributed by atoms with Gasteiger partial charge in [0.25, 0.3) is 5.91 Å². The van der Waals surface area contributed by atoms with Gasteiger partial charge in [-0.15, -0.1) is 23.5 Å². The first-order valence-corrected chi connectivity index (χ1v) is 7.24. The minimum Gasteiger partial charge on any atom is -0.465 e. The summed E-state index contributed by atoms with van der Waals surface area (Å²) in [5.41, 5.74) is 0.413. The van der Waals surface area contributed by atoms with E-state index >= 15 is 0 Å². The van der Waals surface area contributed by atoms with Gasteiger partial charge in [0.05, 0.1) is 11.3 Å². The topological polar surface area (TPSA) is 55.4 Å². The number of esters is 1. The minimum atomic E-state index is -0.672. The predicted octanol–water partition coefficient (Wildman–Crippen LogP) is 2.59. The second kappa shape index (κ2) is 6.12. The van der Waals surface area contributed by atoms with Gasteiger partial charge in [0.2, 0.25) is 0 Å². The highest BCUT2D eigenvalue weighted by molar-refractivity contribution is 8.37. The molecule has 1 saturated heterocycles. The molecule has 0 spiro atoms. The van der Waals surface area contributed by atoms with Gasteiger partial charge >= 0.3 is 5.97 Å². The lowest BCUT2D eigenvalue weighted by Crippen LogP contribution is -2.23. The Morgan fingerprint density at radius 1 is 1.26 bits per heavy atom. The van der Waals surface area contributed by atoms with Crippen molar-refractivity contribution >= 4 is 41.1 Å². The average molecular weight is 299 g/mol. The molecule has 1 aromatic rings. The molecule has 0 saturated carbocycles. The summed E-state index contributed by atoms with van der Waals surface area (Å²) in [7, 11) is 1.22. The van der Waals surface area contributed by atoms with Crippen LogP contribution in [0.3, 0.4) is 0 Å². The number of ether oxygens (including phenoxy) is 1. The molecule has 0 aliphatic carbocycles. The summed E-state index contributed by atoms with van der Waals surface area (Å²) in [4.78, 5) is 23.6. The Morgan fingerprint density at radius 3 is 2.37 bits per heavy atom. The number of carbonyl (C=O) groups is 2. The Labute approximate surface area is 117 Å². The fourth-order valence-electron chi connectivity index (χ4n) is 1.36. The largest absolute Gasteiger partial charge is 0.465 e. The van der Waals surface area contributed by atoms with Crippen LogP contribution in [0.5, 0.6) is 0 Å². The lowest BCUT2D eigenvalue weighted by atomic mass is 10.2. The summed E-state index contributed by atoms with van der Waals surface area (Å²) in [6, 6.07) is 5.31. The first-order valence-electron chi connectivity index (χ1n) is 5.27. The number of rotatable bonds is 3. The summed E-state index contributed by atoms with van der Waals surface area (Å²) in [5.74, 6) is -1.61. The molecule has 1 aromatic carbocycles. The molecule has 1 heterocycles. The molecule has 19 heavy (non-hydrogen) atoms. The lowest BCUT2D eigenvalue weighted by molar-refractivity contribution is -0.137. The van der Waals surface area contributed by atoms with E-state index in [4.69, 9.17) is 0 Å². The highest BCUT2D eigenvalue weighted by atomic mass is 32.3. The maximum Gasteiger partial charge on any atom is 0.345 e. The quantitative estimate of drug-likeness (QED) is 0.402. The molecule has 0 radical (unpaired) electrons. The summed E-state index contributed by atoms with van der Waals surface area (Å²) < 4.78 is 18.0. The molecule has 100 valence electrons. The first kappa shape index (κ1) is 14.0. The third-order valence-electron chi connectivity index (χ3n) is 2.30. The second-order valence-electron chi connectivity index (χ2n) is 3.52. The molecule has 1 N–H and O–H groups in total. The van der Waals surface area contributed by atoms with Crippen LogP contribution in [-0.4, -0.2) is 24.1 Å². The minimum absolute atomic E-state index is 0.00641. The summed E-state index contributed by atoms with van der Waals surface area (Å²) in [5, 5.41) is 3.35. The highest BCUT2D eigenvalue weighted by Gasteiger charge is 2.28. The number of halogens is 1. The average Bonchev–Trinajstić information content (AvgIpc) is 2.35. The Hall–Kier alpha value is -1.47. The van der Waals surface area contributed by atoms with Crippen molar-refractivity contribution < 1.29 is 18.7 Å². The van der Waals surface area contributed by atoms with Crippen LogP contribution in [0.25, 0.3) is 0 Å². The maximum atomic E-state index is 12.8. The predicted molar refractivity (Wildman–Crippen MR) is 74.1 cm³/mol. The van der Waals surface area contributed by atoms with Gasteiger partial charge in [0, 0.05) is 10.8 Å². The molecular formula is C12H10FNO3S2. The number of methoxy groups -OCH3 is 1. The Kier molecular flexibility index (Phi) is 4.49. The molecule has 1 aliphatic heterocycles. The summed E-state index contributed by atoms with van der Waals surface area (Å²) in [6.07, 6.45) is 0. The van der Waals surface area contributed by atoms with E-state index in [0.29, 0.717) is 9.92 Å². The van der Waals surface area contributed by atoms with Gasteiger partial charge in [-0.1, -0.05) is 0 Å². The Bertz CT molecular complexity index is 536. The van der Waals surface area contributed by atoms with E-state index in [0.717, 1.165) is 5.08 Å². The van der Waals surface area contributed by atoms with Crippen molar-refractivity contribution in [1.29, 1.82) is 0 Å². The van der Waals surface area contributed by atoms with Crippen LogP contribution in [-0.2, 0) is 14.3 Å². The van der Waals surface area contributed by atoms with Gasteiger partial charge in [0.15, 0.2) is 0 Å². The van der Waals surface area contributed by atoms with Crippen LogP contribution in [0, 0.1) is 5.82 Å². The van der Waals surface area contributed by atoms with Crippen molar-refractivity contribution in [2.75, 3.05) is 17.5 Å². The van der Waals surface area contributed by atoms with E-state index in [1.807, 2.05) is 0 Å². The summed E-state index contributed by atoms with van der Waals surface area (Å²) in [6.45, 7) is 0. The van der Waals surface area contributed by atoms with Crippen LogP contribution in [0.15, 0.2) is 34.1 Å². The highest BCUT2D eigenvalue weighted by Crippen LogP contribution is 2.45. The SMILES string of the molecule is COC(=O)C(C(=O)Nc1ccc(F)cc1)=C1SCS1. The zero-order chi connectivity index (χ0) is 13.8. The number of carbonyl (C=O) groups excluding carboxylic acids is 2. The molecule has 7 heteroatoms. The van der Waals surface area contributed by atoms with Gasteiger partial charge in [-0.05, 0) is 24.3 Å². The number of benzene rings is 1. The number of anilines is 1. The molecule has 1 fully saturated rings. The molecule has 0 aromatic heterocycles. The van der Waals surface area contributed by atoms with Crippen molar-refractivity contribution in [3.63, 3.8) is 0 Å². The van der Waals surface area contributed by atoms with Crippen LogP contribution >= 0.6 is 23.5 Å². The number of hydrogen-bond acceptors (Lipinski definition) is 5. The molecule has 0 atom stereocenters. The third-order valence-corrected chi connectivity index (χ3v) is 4.89. The fourth-order valence-corrected chi connectivity index (χ4v) is 2.94. The van der Waals surface area contributed by atoms with Crippen LogP contribution in [0.2, 0.25) is 0 Å². The monoisotopic (exact) mass is 299 g/mol. The smallest absolute Gasteiger partial charge is 0.345 e. The maximum absolute atomic E-state index is 12.8. The number of nitrogens with one attached hydrogen (secondary N) is 1. The number of amides is 1. The van der Waals surface area contributed by atoms with Gasteiger partial charge in [-0.3, -0.25) is 4.79 Å². The molecule has 0 bridgehead atoms. The third kappa shape index (κ3) is 3.30. The Balaban J connectivity index is 2.17. The number of hydrogen-bond donors (Lipinski definition) is 1. The lowest BCUT2D eigenvalue weighted by Gasteiger charge is -2.18. The van der Waals surface area contributed by atoms with Crippen LogP contribution in [0.1, 0.15) is 0 Å². The molecule has 2 rings (SSSR count). The Morgan fingerprint density at radius 2 is 1.89 bits per heavy atom. The van der Waals surface area contributed by atoms with Gasteiger partial charge < -0.3 is 10.1 Å². The normalized spacial score (nSPS) is 13.5.